The number of imidazole rings is 2. The smallest absolute Gasteiger partial charge is 0.407 e. The molecule has 9 rings (SSSR count). The maximum Gasteiger partial charge on any atom is 0.407 e. The summed E-state index contributed by atoms with van der Waals surface area (Å²) in [7, 11) is 1.29. The highest BCUT2D eigenvalue weighted by molar-refractivity contribution is 7.18. The third kappa shape index (κ3) is 9.10. The highest BCUT2D eigenvalue weighted by Crippen LogP contribution is 2.39. The van der Waals surface area contributed by atoms with Gasteiger partial charge in [0, 0.05) is 24.7 Å². The first-order valence-electron chi connectivity index (χ1n) is 23.5. The van der Waals surface area contributed by atoms with Crippen molar-refractivity contribution in [1.29, 1.82) is 0 Å². The summed E-state index contributed by atoms with van der Waals surface area (Å²) in [6.45, 7) is 12.2. The minimum Gasteiger partial charge on any atom is -0.453 e. The van der Waals surface area contributed by atoms with Gasteiger partial charge in [0.05, 0.1) is 69.6 Å². The molecule has 2 saturated heterocycles. The van der Waals surface area contributed by atoms with Crippen LogP contribution in [0.3, 0.4) is 0 Å². The number of H-pyrrole nitrogens is 2. The topological polar surface area (TPSA) is 206 Å². The normalized spacial score (nSPS) is 17.4. The number of amides is 4. The molecule has 17 heteroatoms. The Bertz CT molecular complexity index is 3020. The molecule has 0 bridgehead atoms. The largest absolute Gasteiger partial charge is 0.453 e. The van der Waals surface area contributed by atoms with Gasteiger partial charge < -0.3 is 44.9 Å². The van der Waals surface area contributed by atoms with E-state index in [2.05, 4.69) is 98.7 Å². The molecule has 0 saturated carbocycles. The summed E-state index contributed by atoms with van der Waals surface area (Å²) in [5, 5.41) is 3.72. The van der Waals surface area contributed by atoms with Crippen molar-refractivity contribution in [2.24, 2.45) is 17.6 Å². The Hall–Kier alpha value is -7.27. The second kappa shape index (κ2) is 19.0. The number of primary amides is 1. The van der Waals surface area contributed by atoms with Crippen LogP contribution in [0.4, 0.5) is 9.59 Å². The van der Waals surface area contributed by atoms with Crippen LogP contribution < -0.4 is 11.1 Å². The van der Waals surface area contributed by atoms with Crippen LogP contribution in [0, 0.1) is 18.8 Å². The van der Waals surface area contributed by atoms with Gasteiger partial charge in [0.25, 0.3) is 5.91 Å². The highest BCUT2D eigenvalue weighted by Gasteiger charge is 2.47. The molecule has 3 aromatic carbocycles. The zero-order valence-electron chi connectivity index (χ0n) is 39.9. The molecule has 6 heterocycles. The number of aromatic nitrogens is 6. The summed E-state index contributed by atoms with van der Waals surface area (Å²) in [6, 6.07) is 26.2. The number of likely N-dealkylation sites (tertiary alicyclic amines) is 2. The summed E-state index contributed by atoms with van der Waals surface area (Å²) in [5.74, 6) is 0.534. The molecule has 4 atom stereocenters. The fourth-order valence-electron chi connectivity index (χ4n) is 9.67. The number of aryl methyl sites for hydroxylation is 1. The Labute approximate surface area is 404 Å². The Kier molecular flexibility index (Phi) is 12.9. The number of methoxy groups -OCH3 is 1. The average Bonchev–Trinajstić information content (AvgIpc) is 4.20. The number of thiazole rings is 1. The molecular formula is C52H58N10O6S. The van der Waals surface area contributed by atoms with E-state index in [1.54, 1.807) is 29.4 Å². The molecule has 2 aliphatic heterocycles. The molecule has 4 amide bonds. The molecule has 2 aliphatic rings. The van der Waals surface area contributed by atoms with Crippen molar-refractivity contribution in [3.05, 3.63) is 108 Å². The van der Waals surface area contributed by atoms with Crippen LogP contribution in [0.1, 0.15) is 89.0 Å². The molecule has 0 spiro atoms. The van der Waals surface area contributed by atoms with Crippen molar-refractivity contribution in [3.8, 4) is 50.7 Å². The summed E-state index contributed by atoms with van der Waals surface area (Å²) < 4.78 is 13.6. The average molecular weight is 951 g/mol. The van der Waals surface area contributed by atoms with E-state index < -0.39 is 23.8 Å². The minimum atomic E-state index is -1.40. The maximum absolute atomic E-state index is 13.9. The summed E-state index contributed by atoms with van der Waals surface area (Å²) in [6.07, 6.45) is 5.11. The van der Waals surface area contributed by atoms with Gasteiger partial charge in [-0.1, -0.05) is 76.2 Å². The predicted molar refractivity (Wildman–Crippen MR) is 265 cm³/mol. The van der Waals surface area contributed by atoms with E-state index in [4.69, 9.17) is 30.2 Å². The Morgan fingerprint density at radius 1 is 0.783 bits per heavy atom. The number of fused-ring (bicyclic) bond motifs is 1. The standard InChI is InChI=1S/C52H58N10O6S/c1-29(2)45(59-51(66)67-7)48(63)60-24-8-10-42(60)46-54-27-38(57-46)32-12-16-34(17-13-32)40-21-22-41(62(40)36-20-23-44-37(26-36)56-31(5)69-44)35-18-14-33(15-19-35)39-28-55-47(58-39)43-11-9-25-61(43)49(64)52(6,30(3)4)68-50(53)65/h12-23,26-30,42-43,45H,8-11,24-25H2,1-7H3,(H2,53,65)(H,54,57)(H,55,58)(H,59,66)/t42-,43-,45-,52-/m0/s1. The van der Waals surface area contributed by atoms with Gasteiger partial charge in [0.2, 0.25) is 5.91 Å². The number of carbonyl (C=O) groups is 4. The third-order valence-corrected chi connectivity index (χ3v) is 14.7. The number of alkyl carbamates (subject to hydrolysis) is 1. The lowest BCUT2D eigenvalue weighted by Gasteiger charge is -2.36. The Morgan fingerprint density at radius 2 is 1.32 bits per heavy atom. The fraction of sp³-hybridized carbons (Fsp3) is 0.365. The maximum atomic E-state index is 13.9. The van der Waals surface area contributed by atoms with Gasteiger partial charge in [-0.2, -0.15) is 0 Å². The van der Waals surface area contributed by atoms with Crippen LogP contribution in [0.25, 0.3) is 60.9 Å². The molecule has 0 unspecified atom stereocenters. The lowest BCUT2D eigenvalue weighted by atomic mass is 9.90. The number of nitrogens with two attached hydrogens (primary N) is 1. The van der Waals surface area contributed by atoms with Crippen LogP contribution in [0.15, 0.2) is 91.3 Å². The van der Waals surface area contributed by atoms with Gasteiger partial charge in [0.15, 0.2) is 5.60 Å². The van der Waals surface area contributed by atoms with Gasteiger partial charge in [-0.25, -0.2) is 24.5 Å². The molecule has 2 fully saturated rings. The number of hydrogen-bond donors (Lipinski definition) is 4. The van der Waals surface area contributed by atoms with Gasteiger partial charge in [-0.05, 0) is 98.0 Å². The highest BCUT2D eigenvalue weighted by atomic mass is 32.1. The van der Waals surface area contributed by atoms with Crippen molar-refractivity contribution in [2.75, 3.05) is 20.2 Å². The van der Waals surface area contributed by atoms with Crippen LogP contribution in [0.5, 0.6) is 0 Å². The van der Waals surface area contributed by atoms with Crippen LogP contribution in [-0.4, -0.2) is 95.1 Å². The first-order chi connectivity index (χ1) is 33.1. The quantitative estimate of drug-likeness (QED) is 0.0867. The van der Waals surface area contributed by atoms with E-state index in [0.29, 0.717) is 24.7 Å². The molecule has 69 heavy (non-hydrogen) atoms. The molecule has 4 aromatic heterocycles. The summed E-state index contributed by atoms with van der Waals surface area (Å²) in [5.41, 5.74) is 13.5. The first-order valence-corrected chi connectivity index (χ1v) is 24.3. The number of rotatable bonds is 13. The third-order valence-electron chi connectivity index (χ3n) is 13.7. The fourth-order valence-corrected chi connectivity index (χ4v) is 10.5. The van der Waals surface area contributed by atoms with E-state index >= 15 is 0 Å². The Morgan fingerprint density at radius 3 is 1.84 bits per heavy atom. The molecule has 358 valence electrons. The zero-order valence-corrected chi connectivity index (χ0v) is 40.7. The van der Waals surface area contributed by atoms with Gasteiger partial charge in [-0.15, -0.1) is 11.3 Å². The minimum absolute atomic E-state index is 0.125. The van der Waals surface area contributed by atoms with Crippen LogP contribution in [0.2, 0.25) is 0 Å². The molecule has 16 nitrogen and oxygen atoms in total. The van der Waals surface area contributed by atoms with Gasteiger partial charge in [-0.3, -0.25) is 9.59 Å². The van der Waals surface area contributed by atoms with Crippen LogP contribution in [-0.2, 0) is 19.1 Å². The number of carbonyl (C=O) groups excluding carboxylic acids is 4. The summed E-state index contributed by atoms with van der Waals surface area (Å²) >= 11 is 1.67. The van der Waals surface area contributed by atoms with Crippen molar-refractivity contribution >= 4 is 45.6 Å². The SMILES string of the molecule is COC(=O)N[C@H](C(=O)N1CCC[C@H]1c1ncc(-c2ccc(-c3ccc(-c4ccc(-c5cnc([C@@H]6CCCN6C(=O)[C@@](C)(OC(N)=O)C(C)C)[nH]5)cc4)n3-c3ccc4sc(C)nc4c3)cc2)[nH]1)C(C)C. The van der Waals surface area contributed by atoms with Crippen molar-refractivity contribution in [1.82, 2.24) is 44.6 Å². The lowest BCUT2D eigenvalue weighted by molar-refractivity contribution is -0.155. The second-order valence-electron chi connectivity index (χ2n) is 18.7. The zero-order chi connectivity index (χ0) is 48.7. The first kappa shape index (κ1) is 46.8. The number of nitrogens with zero attached hydrogens (tertiary/aromatic N) is 6. The number of ether oxygens (including phenoxy) is 2. The number of hydrogen-bond acceptors (Lipinski definition) is 10. The van der Waals surface area contributed by atoms with Crippen molar-refractivity contribution < 1.29 is 28.7 Å². The number of nitrogens with one attached hydrogen (secondary N) is 3. The number of aromatic amines is 2. The van der Waals surface area contributed by atoms with Crippen molar-refractivity contribution in [3.63, 3.8) is 0 Å². The second-order valence-corrected chi connectivity index (χ2v) is 20.0. The van der Waals surface area contributed by atoms with E-state index in [-0.39, 0.29) is 35.7 Å². The van der Waals surface area contributed by atoms with E-state index in [1.165, 1.54) is 7.11 Å². The van der Waals surface area contributed by atoms with E-state index in [9.17, 15) is 19.2 Å². The monoisotopic (exact) mass is 950 g/mol. The van der Waals surface area contributed by atoms with E-state index in [0.717, 1.165) is 91.6 Å². The molecule has 0 radical (unpaired) electrons. The van der Waals surface area contributed by atoms with Crippen LogP contribution >= 0.6 is 11.3 Å². The number of benzene rings is 3. The molecule has 5 N–H and O–H groups in total. The lowest BCUT2D eigenvalue weighted by Crippen LogP contribution is -2.53. The van der Waals surface area contributed by atoms with E-state index in [1.807, 2.05) is 45.7 Å². The molecular weight excluding hydrogens is 893 g/mol. The molecule has 0 aliphatic carbocycles. The molecule has 7 aromatic rings. The summed E-state index contributed by atoms with van der Waals surface area (Å²) in [4.78, 5) is 76.4. The van der Waals surface area contributed by atoms with Gasteiger partial charge in [0.1, 0.15) is 17.7 Å². The van der Waals surface area contributed by atoms with Crippen molar-refractivity contribution in [2.45, 2.75) is 91.0 Å². The Balaban J connectivity index is 0.978. The predicted octanol–water partition coefficient (Wildman–Crippen LogP) is 9.73. The van der Waals surface area contributed by atoms with Gasteiger partial charge >= 0.3 is 12.2 Å².